The molecule has 1 fully saturated rings. The highest BCUT2D eigenvalue weighted by Gasteiger charge is 2.25. The van der Waals surface area contributed by atoms with E-state index in [-0.39, 0.29) is 17.7 Å². The highest BCUT2D eigenvalue weighted by atomic mass is 16.2. The normalized spacial score (nSPS) is 17.2. The Hall–Kier alpha value is -2.37. The first kappa shape index (κ1) is 14.0. The van der Waals surface area contributed by atoms with Gasteiger partial charge in [0.25, 0.3) is 5.91 Å². The molecule has 0 atom stereocenters. The van der Waals surface area contributed by atoms with E-state index in [1.54, 1.807) is 11.9 Å². The standard InChI is InChI=1S/C9H10N2O.C5H7NO2/c1-11-5-7-6(9(11)12)3-2-4-8(7)10;7-4-2-1-3-5(8)6-4/h2-4H,5,10H2,1H3;1-3H2,(H,6,7,8). The maximum atomic E-state index is 11.4. The minimum atomic E-state index is -0.138. The molecule has 3 rings (SSSR count). The molecule has 2 aliphatic rings. The lowest BCUT2D eigenvalue weighted by atomic mass is 10.1. The topological polar surface area (TPSA) is 92.5 Å². The van der Waals surface area contributed by atoms with Crippen molar-refractivity contribution in [3.05, 3.63) is 29.3 Å². The molecule has 6 nitrogen and oxygen atoms in total. The number of fused-ring (bicyclic) bond motifs is 1. The number of benzene rings is 1. The van der Waals surface area contributed by atoms with Gasteiger partial charge in [0.2, 0.25) is 11.8 Å². The number of imide groups is 1. The minimum absolute atomic E-state index is 0.0669. The Kier molecular flexibility index (Phi) is 4.02. The van der Waals surface area contributed by atoms with E-state index in [1.165, 1.54) is 0 Å². The molecule has 20 heavy (non-hydrogen) atoms. The van der Waals surface area contributed by atoms with Crippen molar-refractivity contribution >= 4 is 23.4 Å². The Labute approximate surface area is 116 Å². The molecule has 0 bridgehead atoms. The first-order chi connectivity index (χ1) is 9.49. The van der Waals surface area contributed by atoms with Gasteiger partial charge in [0.05, 0.1) is 0 Å². The second-order valence-electron chi connectivity index (χ2n) is 4.86. The van der Waals surface area contributed by atoms with E-state index in [9.17, 15) is 14.4 Å². The number of nitrogens with zero attached hydrogens (tertiary/aromatic N) is 1. The van der Waals surface area contributed by atoms with Gasteiger partial charge in [-0.1, -0.05) is 6.07 Å². The van der Waals surface area contributed by atoms with Crippen LogP contribution in [0, 0.1) is 0 Å². The van der Waals surface area contributed by atoms with Gasteiger partial charge in [-0.2, -0.15) is 0 Å². The number of nitrogen functional groups attached to an aromatic ring is 1. The molecule has 3 amide bonds. The maximum absolute atomic E-state index is 11.4. The lowest BCUT2D eigenvalue weighted by Crippen LogP contribution is -2.33. The predicted molar refractivity (Wildman–Crippen MR) is 73.7 cm³/mol. The number of nitrogens with two attached hydrogens (primary N) is 1. The summed E-state index contributed by atoms with van der Waals surface area (Å²) in [5.41, 5.74) is 8.14. The first-order valence-corrected chi connectivity index (χ1v) is 6.44. The quantitative estimate of drug-likeness (QED) is 0.537. The van der Waals surface area contributed by atoms with Gasteiger partial charge >= 0.3 is 0 Å². The fourth-order valence-corrected chi connectivity index (χ4v) is 2.19. The molecule has 106 valence electrons. The van der Waals surface area contributed by atoms with Crippen molar-refractivity contribution in [1.29, 1.82) is 0 Å². The Balaban J connectivity index is 0.000000160. The van der Waals surface area contributed by atoms with Crippen molar-refractivity contribution in [2.24, 2.45) is 0 Å². The molecule has 0 saturated carbocycles. The third kappa shape index (κ3) is 2.96. The summed E-state index contributed by atoms with van der Waals surface area (Å²) in [5, 5.41) is 2.20. The van der Waals surface area contributed by atoms with Crippen LogP contribution in [0.4, 0.5) is 5.69 Å². The number of hydrogen-bond donors (Lipinski definition) is 2. The van der Waals surface area contributed by atoms with E-state index in [1.807, 2.05) is 18.2 Å². The summed E-state index contributed by atoms with van der Waals surface area (Å²) in [6.07, 6.45) is 1.72. The number of carbonyl (C=O) groups excluding carboxylic acids is 3. The van der Waals surface area contributed by atoms with Crippen molar-refractivity contribution < 1.29 is 14.4 Å². The van der Waals surface area contributed by atoms with Crippen molar-refractivity contribution in [2.45, 2.75) is 25.8 Å². The van der Waals surface area contributed by atoms with Gasteiger partial charge in [0.15, 0.2) is 0 Å². The number of piperidine rings is 1. The number of carbonyl (C=O) groups is 3. The minimum Gasteiger partial charge on any atom is -0.398 e. The van der Waals surface area contributed by atoms with Gasteiger partial charge in [0, 0.05) is 43.2 Å². The smallest absolute Gasteiger partial charge is 0.254 e. The zero-order valence-electron chi connectivity index (χ0n) is 11.3. The lowest BCUT2D eigenvalue weighted by Gasteiger charge is -2.07. The summed E-state index contributed by atoms with van der Waals surface area (Å²) >= 11 is 0. The highest BCUT2D eigenvalue weighted by molar-refractivity contribution is 5.99. The second kappa shape index (κ2) is 5.73. The van der Waals surface area contributed by atoms with Crippen LogP contribution in [0.1, 0.15) is 35.2 Å². The first-order valence-electron chi connectivity index (χ1n) is 6.44. The summed E-state index contributed by atoms with van der Waals surface area (Å²) in [6.45, 7) is 0.640. The summed E-state index contributed by atoms with van der Waals surface area (Å²) in [6, 6.07) is 5.45. The Morgan fingerprint density at radius 2 is 1.80 bits per heavy atom. The van der Waals surface area contributed by atoms with Crippen LogP contribution in [0.5, 0.6) is 0 Å². The molecule has 1 saturated heterocycles. The molecule has 1 aromatic rings. The van der Waals surface area contributed by atoms with Crippen LogP contribution in [0.15, 0.2) is 18.2 Å². The zero-order valence-corrected chi connectivity index (χ0v) is 11.3. The molecule has 6 heteroatoms. The van der Waals surface area contributed by atoms with E-state index < -0.39 is 0 Å². The SMILES string of the molecule is CN1Cc2c(N)cccc2C1=O.O=C1CCCC(=O)N1. The van der Waals surface area contributed by atoms with Crippen LogP contribution < -0.4 is 11.1 Å². The number of anilines is 1. The van der Waals surface area contributed by atoms with Crippen LogP contribution in [0.3, 0.4) is 0 Å². The molecule has 0 radical (unpaired) electrons. The molecule has 2 heterocycles. The summed E-state index contributed by atoms with van der Waals surface area (Å²) in [5.74, 6) is -0.209. The zero-order chi connectivity index (χ0) is 14.7. The van der Waals surface area contributed by atoms with Crippen molar-refractivity contribution in [3.63, 3.8) is 0 Å². The summed E-state index contributed by atoms with van der Waals surface area (Å²) in [4.78, 5) is 33.8. The van der Waals surface area contributed by atoms with E-state index in [2.05, 4.69) is 5.32 Å². The number of rotatable bonds is 0. The van der Waals surface area contributed by atoms with Crippen LogP contribution in [-0.2, 0) is 16.1 Å². The Morgan fingerprint density at radius 1 is 1.15 bits per heavy atom. The Morgan fingerprint density at radius 3 is 2.30 bits per heavy atom. The van der Waals surface area contributed by atoms with Gasteiger partial charge in [0.1, 0.15) is 0 Å². The third-order valence-electron chi connectivity index (χ3n) is 3.27. The van der Waals surface area contributed by atoms with Gasteiger partial charge < -0.3 is 10.6 Å². The molecule has 3 N–H and O–H groups in total. The van der Waals surface area contributed by atoms with Gasteiger partial charge in [-0.05, 0) is 18.6 Å². The Bertz CT molecular complexity index is 555. The van der Waals surface area contributed by atoms with Crippen molar-refractivity contribution in [3.8, 4) is 0 Å². The van der Waals surface area contributed by atoms with E-state index in [4.69, 9.17) is 5.73 Å². The fourth-order valence-electron chi connectivity index (χ4n) is 2.19. The van der Waals surface area contributed by atoms with Crippen LogP contribution in [0.25, 0.3) is 0 Å². The van der Waals surface area contributed by atoms with Crippen LogP contribution in [0.2, 0.25) is 0 Å². The maximum Gasteiger partial charge on any atom is 0.254 e. The molecule has 1 aromatic carbocycles. The van der Waals surface area contributed by atoms with Gasteiger partial charge in [-0.3, -0.25) is 19.7 Å². The number of hydrogen-bond acceptors (Lipinski definition) is 4. The monoisotopic (exact) mass is 275 g/mol. The number of nitrogens with one attached hydrogen (secondary N) is 1. The van der Waals surface area contributed by atoms with E-state index in [0.29, 0.717) is 31.5 Å². The second-order valence-corrected chi connectivity index (χ2v) is 4.86. The predicted octanol–water partition coefficient (Wildman–Crippen LogP) is 0.667. The average Bonchev–Trinajstić information content (AvgIpc) is 2.68. The van der Waals surface area contributed by atoms with Crippen molar-refractivity contribution in [1.82, 2.24) is 10.2 Å². The lowest BCUT2D eigenvalue weighted by molar-refractivity contribution is -0.132. The van der Waals surface area contributed by atoms with Crippen LogP contribution in [-0.4, -0.2) is 29.7 Å². The molecular weight excluding hydrogens is 258 g/mol. The molecular formula is C14H17N3O3. The largest absolute Gasteiger partial charge is 0.398 e. The molecule has 0 aromatic heterocycles. The molecule has 0 unspecified atom stereocenters. The van der Waals surface area contributed by atoms with Crippen LogP contribution >= 0.6 is 0 Å². The van der Waals surface area contributed by atoms with Crippen molar-refractivity contribution in [2.75, 3.05) is 12.8 Å². The molecule has 0 spiro atoms. The third-order valence-corrected chi connectivity index (χ3v) is 3.27. The van der Waals surface area contributed by atoms with E-state index >= 15 is 0 Å². The van der Waals surface area contributed by atoms with E-state index in [0.717, 1.165) is 11.1 Å². The summed E-state index contributed by atoms with van der Waals surface area (Å²) < 4.78 is 0. The average molecular weight is 275 g/mol. The highest BCUT2D eigenvalue weighted by Crippen LogP contribution is 2.25. The summed E-state index contributed by atoms with van der Waals surface area (Å²) in [7, 11) is 1.78. The number of amides is 3. The fraction of sp³-hybridized carbons (Fsp3) is 0.357. The molecule has 2 aliphatic heterocycles. The molecule has 0 aliphatic carbocycles. The van der Waals surface area contributed by atoms with Gasteiger partial charge in [-0.25, -0.2) is 0 Å². The van der Waals surface area contributed by atoms with Gasteiger partial charge in [-0.15, -0.1) is 0 Å².